The highest BCUT2D eigenvalue weighted by Crippen LogP contribution is 2.30. The Bertz CT molecular complexity index is 459. The number of hydrogen-bond acceptors (Lipinski definition) is 3. The van der Waals surface area contributed by atoms with Crippen LogP contribution in [0, 0.1) is 6.92 Å². The summed E-state index contributed by atoms with van der Waals surface area (Å²) in [6.45, 7) is 2.88. The molecule has 20 heavy (non-hydrogen) atoms. The fourth-order valence-corrected chi connectivity index (χ4v) is 3.14. The van der Waals surface area contributed by atoms with Gasteiger partial charge in [0.05, 0.1) is 0 Å². The molecule has 1 fully saturated rings. The molecule has 2 unspecified atom stereocenters. The van der Waals surface area contributed by atoms with Crippen molar-refractivity contribution in [3.05, 3.63) is 35.4 Å². The molecule has 1 aromatic carbocycles. The smallest absolute Gasteiger partial charge is 0.325 e. The van der Waals surface area contributed by atoms with Crippen LogP contribution in [0.1, 0.15) is 42.9 Å². The summed E-state index contributed by atoms with van der Waals surface area (Å²) in [6.07, 6.45) is 3.75. The summed E-state index contributed by atoms with van der Waals surface area (Å²) < 4.78 is 0. The number of aliphatic hydroxyl groups is 1. The molecule has 4 nitrogen and oxygen atoms in total. The molecule has 110 valence electrons. The van der Waals surface area contributed by atoms with E-state index in [1.54, 1.807) is 0 Å². The van der Waals surface area contributed by atoms with Gasteiger partial charge in [-0.05, 0) is 38.3 Å². The molecule has 4 heteroatoms. The monoisotopic (exact) mass is 277 g/mol. The van der Waals surface area contributed by atoms with Gasteiger partial charge in [0.25, 0.3) is 0 Å². The van der Waals surface area contributed by atoms with Gasteiger partial charge in [0, 0.05) is 12.6 Å². The average molecular weight is 277 g/mol. The number of benzene rings is 1. The summed E-state index contributed by atoms with van der Waals surface area (Å²) in [5, 5.41) is 18.8. The van der Waals surface area contributed by atoms with Crippen LogP contribution in [0.2, 0.25) is 0 Å². The van der Waals surface area contributed by atoms with Gasteiger partial charge in [-0.3, -0.25) is 9.69 Å². The first-order chi connectivity index (χ1) is 9.63. The van der Waals surface area contributed by atoms with Crippen molar-refractivity contribution in [3.8, 4) is 0 Å². The molecule has 0 saturated carbocycles. The maximum absolute atomic E-state index is 11.8. The van der Waals surface area contributed by atoms with Gasteiger partial charge in [-0.1, -0.05) is 36.2 Å². The molecule has 0 aromatic heterocycles. The van der Waals surface area contributed by atoms with E-state index in [1.165, 1.54) is 0 Å². The Labute approximate surface area is 120 Å². The van der Waals surface area contributed by atoms with Crippen molar-refractivity contribution in [2.75, 3.05) is 13.2 Å². The van der Waals surface area contributed by atoms with Crippen LogP contribution in [-0.4, -0.2) is 40.3 Å². The van der Waals surface area contributed by atoms with E-state index < -0.39 is 12.0 Å². The summed E-state index contributed by atoms with van der Waals surface area (Å²) in [5.41, 5.74) is 1.91. The van der Waals surface area contributed by atoms with Crippen molar-refractivity contribution < 1.29 is 15.0 Å². The number of rotatable bonds is 5. The molecule has 0 radical (unpaired) electrons. The molecule has 2 rings (SSSR count). The van der Waals surface area contributed by atoms with Gasteiger partial charge in [-0.25, -0.2) is 0 Å². The zero-order valence-corrected chi connectivity index (χ0v) is 12.0. The number of hydrogen-bond donors (Lipinski definition) is 2. The lowest BCUT2D eigenvalue weighted by molar-refractivity contribution is -0.145. The highest BCUT2D eigenvalue weighted by molar-refractivity contribution is 5.75. The largest absolute Gasteiger partial charge is 0.480 e. The number of aryl methyl sites for hydroxylation is 1. The van der Waals surface area contributed by atoms with E-state index in [0.29, 0.717) is 6.42 Å². The lowest BCUT2D eigenvalue weighted by Crippen LogP contribution is -2.45. The Balaban J connectivity index is 2.29. The Morgan fingerprint density at radius 3 is 2.90 bits per heavy atom. The van der Waals surface area contributed by atoms with E-state index in [0.717, 1.165) is 36.9 Å². The van der Waals surface area contributed by atoms with Crippen molar-refractivity contribution in [1.82, 2.24) is 4.90 Å². The summed E-state index contributed by atoms with van der Waals surface area (Å²) in [4.78, 5) is 13.8. The van der Waals surface area contributed by atoms with Crippen LogP contribution in [-0.2, 0) is 4.79 Å². The van der Waals surface area contributed by atoms with E-state index >= 15 is 0 Å². The van der Waals surface area contributed by atoms with Crippen LogP contribution >= 0.6 is 0 Å². The van der Waals surface area contributed by atoms with Crippen LogP contribution in [0.3, 0.4) is 0 Å². The predicted octanol–water partition coefficient (Wildman–Crippen LogP) is 2.36. The predicted molar refractivity (Wildman–Crippen MR) is 77.6 cm³/mol. The maximum Gasteiger partial charge on any atom is 0.325 e. The standard InChI is InChI=1S/C16H23NO3/c1-12-5-4-6-13(11-12)15(16(19)20)17-9-3-2-7-14(17)8-10-18/h4-6,11,14-15,18H,2-3,7-10H2,1H3,(H,19,20). The Morgan fingerprint density at radius 1 is 1.45 bits per heavy atom. The second kappa shape index (κ2) is 6.86. The van der Waals surface area contributed by atoms with E-state index in [9.17, 15) is 15.0 Å². The van der Waals surface area contributed by atoms with Crippen LogP contribution in [0.5, 0.6) is 0 Å². The van der Waals surface area contributed by atoms with Gasteiger partial charge in [0.1, 0.15) is 6.04 Å². The number of carboxylic acids is 1. The third-order valence-corrected chi connectivity index (χ3v) is 4.06. The molecule has 1 aromatic rings. The van der Waals surface area contributed by atoms with Crippen LogP contribution < -0.4 is 0 Å². The number of aliphatic carboxylic acids is 1. The molecule has 1 heterocycles. The zero-order chi connectivity index (χ0) is 14.5. The van der Waals surface area contributed by atoms with E-state index in [4.69, 9.17) is 0 Å². The van der Waals surface area contributed by atoms with Gasteiger partial charge in [-0.2, -0.15) is 0 Å². The Morgan fingerprint density at radius 2 is 2.25 bits per heavy atom. The first kappa shape index (κ1) is 15.0. The minimum atomic E-state index is -0.805. The Kier molecular flexibility index (Phi) is 5.15. The number of aliphatic hydroxyl groups excluding tert-OH is 1. The number of carboxylic acid groups (broad SMARTS) is 1. The minimum Gasteiger partial charge on any atom is -0.480 e. The SMILES string of the molecule is Cc1cccc(C(C(=O)O)N2CCCCC2CCO)c1. The van der Waals surface area contributed by atoms with Crippen LogP contribution in [0.25, 0.3) is 0 Å². The van der Waals surface area contributed by atoms with Gasteiger partial charge in [-0.15, -0.1) is 0 Å². The molecule has 0 spiro atoms. The zero-order valence-electron chi connectivity index (χ0n) is 12.0. The summed E-state index contributed by atoms with van der Waals surface area (Å²) >= 11 is 0. The van der Waals surface area contributed by atoms with Crippen molar-refractivity contribution in [3.63, 3.8) is 0 Å². The van der Waals surface area contributed by atoms with E-state index in [-0.39, 0.29) is 12.6 Å². The van der Waals surface area contributed by atoms with Crippen LogP contribution in [0.4, 0.5) is 0 Å². The molecule has 2 N–H and O–H groups in total. The lowest BCUT2D eigenvalue weighted by atomic mass is 9.94. The normalized spacial score (nSPS) is 21.6. The fourth-order valence-electron chi connectivity index (χ4n) is 3.14. The minimum absolute atomic E-state index is 0.112. The molecule has 0 amide bonds. The highest BCUT2D eigenvalue weighted by atomic mass is 16.4. The fraction of sp³-hybridized carbons (Fsp3) is 0.562. The van der Waals surface area contributed by atoms with Crippen molar-refractivity contribution in [1.29, 1.82) is 0 Å². The maximum atomic E-state index is 11.8. The third-order valence-electron chi connectivity index (χ3n) is 4.06. The number of nitrogens with zero attached hydrogens (tertiary/aromatic N) is 1. The van der Waals surface area contributed by atoms with E-state index in [2.05, 4.69) is 4.90 Å². The van der Waals surface area contributed by atoms with Gasteiger partial charge in [0.2, 0.25) is 0 Å². The number of piperidine rings is 1. The average Bonchev–Trinajstić information content (AvgIpc) is 2.41. The molecule has 0 aliphatic carbocycles. The molecule has 0 bridgehead atoms. The van der Waals surface area contributed by atoms with Gasteiger partial charge < -0.3 is 10.2 Å². The summed E-state index contributed by atoms with van der Waals surface area (Å²) in [5.74, 6) is -0.805. The topological polar surface area (TPSA) is 60.8 Å². The molecule has 1 aliphatic rings. The lowest BCUT2D eigenvalue weighted by Gasteiger charge is -2.39. The van der Waals surface area contributed by atoms with Crippen molar-refractivity contribution in [2.24, 2.45) is 0 Å². The summed E-state index contributed by atoms with van der Waals surface area (Å²) in [6, 6.07) is 7.27. The molecule has 1 aliphatic heterocycles. The number of carbonyl (C=O) groups is 1. The second-order valence-electron chi connectivity index (χ2n) is 5.55. The van der Waals surface area contributed by atoms with E-state index in [1.807, 2.05) is 31.2 Å². The first-order valence-electron chi connectivity index (χ1n) is 7.29. The molecule has 1 saturated heterocycles. The number of likely N-dealkylation sites (tertiary alicyclic amines) is 1. The molecular weight excluding hydrogens is 254 g/mol. The van der Waals surface area contributed by atoms with Gasteiger partial charge in [0.15, 0.2) is 0 Å². The quantitative estimate of drug-likeness (QED) is 0.867. The summed E-state index contributed by atoms with van der Waals surface area (Å²) in [7, 11) is 0. The van der Waals surface area contributed by atoms with Gasteiger partial charge >= 0.3 is 5.97 Å². The highest BCUT2D eigenvalue weighted by Gasteiger charge is 2.33. The molecule has 2 atom stereocenters. The Hall–Kier alpha value is -1.39. The van der Waals surface area contributed by atoms with Crippen molar-refractivity contribution >= 4 is 5.97 Å². The van der Waals surface area contributed by atoms with Crippen LogP contribution in [0.15, 0.2) is 24.3 Å². The third kappa shape index (κ3) is 3.38. The first-order valence-corrected chi connectivity index (χ1v) is 7.29. The van der Waals surface area contributed by atoms with Crippen molar-refractivity contribution in [2.45, 2.75) is 44.7 Å². The molecular formula is C16H23NO3. The second-order valence-corrected chi connectivity index (χ2v) is 5.55.